The highest BCUT2D eigenvalue weighted by Gasteiger charge is 2.12. The van der Waals surface area contributed by atoms with E-state index < -0.39 is 13.1 Å². The lowest BCUT2D eigenvalue weighted by Gasteiger charge is -2.13. The van der Waals surface area contributed by atoms with E-state index in [4.69, 9.17) is 19.2 Å². The van der Waals surface area contributed by atoms with Crippen molar-refractivity contribution in [1.29, 1.82) is 0 Å². The molecule has 9 heteroatoms. The van der Waals surface area contributed by atoms with Crippen LogP contribution in [-0.2, 0) is 22.7 Å². The van der Waals surface area contributed by atoms with Gasteiger partial charge in [-0.2, -0.15) is 0 Å². The summed E-state index contributed by atoms with van der Waals surface area (Å²) in [6.07, 6.45) is 0. The minimum Gasteiger partial charge on any atom is -0.537 e. The first-order chi connectivity index (χ1) is 15.5. The maximum absolute atomic E-state index is 12.3. The third kappa shape index (κ3) is 6.24. The first-order valence-corrected chi connectivity index (χ1v) is 9.72. The maximum atomic E-state index is 12.3. The summed E-state index contributed by atoms with van der Waals surface area (Å²) >= 11 is 0. The van der Waals surface area contributed by atoms with E-state index in [-0.39, 0.29) is 13.2 Å². The van der Waals surface area contributed by atoms with E-state index in [9.17, 15) is 14.8 Å². The summed E-state index contributed by atoms with van der Waals surface area (Å²) < 4.78 is 16.0. The van der Waals surface area contributed by atoms with E-state index in [1.54, 1.807) is 48.5 Å². The van der Waals surface area contributed by atoms with Gasteiger partial charge in [-0.1, -0.05) is 55.1 Å². The predicted octanol–water partition coefficient (Wildman–Crippen LogP) is 1.82. The van der Waals surface area contributed by atoms with Crippen molar-refractivity contribution in [2.24, 2.45) is 0 Å². The fraction of sp³-hybridized carbons (Fsp3) is 0.0870. The number of hydrogen-bond acceptors (Lipinski definition) is 7. The second kappa shape index (κ2) is 11.2. The van der Waals surface area contributed by atoms with Crippen LogP contribution < -0.4 is 10.1 Å². The number of rotatable bonds is 10. The Labute approximate surface area is 187 Å². The first kappa shape index (κ1) is 23.1. The van der Waals surface area contributed by atoms with Crippen LogP contribution >= 0.6 is 0 Å². The predicted molar refractivity (Wildman–Crippen MR) is 121 cm³/mol. The molecule has 0 atom stereocenters. The Morgan fingerprint density at radius 1 is 0.844 bits per heavy atom. The number of benzene rings is 3. The lowest BCUT2D eigenvalue weighted by Crippen LogP contribution is -2.29. The Morgan fingerprint density at radius 2 is 1.41 bits per heavy atom. The fourth-order valence-electron chi connectivity index (χ4n) is 2.89. The van der Waals surface area contributed by atoms with E-state index >= 15 is 0 Å². The van der Waals surface area contributed by atoms with Crippen LogP contribution in [0.4, 0.5) is 0 Å². The molecule has 0 saturated heterocycles. The lowest BCUT2D eigenvalue weighted by molar-refractivity contribution is 0.0470. The Hall–Kier alpha value is -3.52. The zero-order valence-corrected chi connectivity index (χ0v) is 17.2. The van der Waals surface area contributed by atoms with Gasteiger partial charge in [0.25, 0.3) is 0 Å². The van der Waals surface area contributed by atoms with Gasteiger partial charge in [0, 0.05) is 5.56 Å². The molecule has 0 fully saturated rings. The van der Waals surface area contributed by atoms with Crippen LogP contribution in [-0.4, -0.2) is 35.8 Å². The van der Waals surface area contributed by atoms with Crippen molar-refractivity contribution >= 4 is 32.0 Å². The average molecular weight is 431 g/mol. The molecule has 0 aliphatic carbocycles. The van der Waals surface area contributed by atoms with Gasteiger partial charge in [-0.25, -0.2) is 4.79 Å². The van der Waals surface area contributed by atoms with Crippen molar-refractivity contribution in [3.63, 3.8) is 0 Å². The Morgan fingerprint density at radius 3 is 1.97 bits per heavy atom. The molecule has 1 radical (unpaired) electrons. The van der Waals surface area contributed by atoms with Crippen molar-refractivity contribution in [3.05, 3.63) is 102 Å². The first-order valence-electron chi connectivity index (χ1n) is 9.72. The minimum absolute atomic E-state index is 0.0661. The summed E-state index contributed by atoms with van der Waals surface area (Å²) in [7, 11) is -0.964. The molecule has 0 saturated carbocycles. The van der Waals surface area contributed by atoms with Gasteiger partial charge >= 0.3 is 20.8 Å². The fourth-order valence-corrected chi connectivity index (χ4v) is 2.89. The van der Waals surface area contributed by atoms with Crippen LogP contribution in [0.2, 0.25) is 0 Å². The molecule has 3 N–H and O–H groups in total. The average Bonchev–Trinajstić information content (AvgIpc) is 2.82. The van der Waals surface area contributed by atoms with Gasteiger partial charge in [0.05, 0.1) is 5.56 Å². The lowest BCUT2D eigenvalue weighted by atomic mass is 9.80. The summed E-state index contributed by atoms with van der Waals surface area (Å²) in [5.74, 6) is 0.336. The topological polar surface area (TPSA) is 105 Å². The van der Waals surface area contributed by atoms with Gasteiger partial charge in [0.15, 0.2) is 0 Å². The molecule has 0 aromatic heterocycles. The molecule has 7 nitrogen and oxygen atoms in total. The van der Waals surface area contributed by atoms with Crippen molar-refractivity contribution in [3.8, 4) is 5.75 Å². The Balaban J connectivity index is 1.58. The molecular weight excluding hydrogens is 410 g/mol. The van der Waals surface area contributed by atoms with E-state index in [1.807, 2.05) is 24.3 Å². The molecule has 0 unspecified atom stereocenters. The molecule has 0 aliphatic rings. The van der Waals surface area contributed by atoms with Gasteiger partial charge in [-0.3, -0.25) is 0 Å². The molecule has 0 aliphatic heterocycles. The van der Waals surface area contributed by atoms with Crippen molar-refractivity contribution < 1.29 is 34.0 Å². The molecule has 0 spiro atoms. The Kier molecular flexibility index (Phi) is 8.10. The molecule has 0 heterocycles. The third-order valence-corrected chi connectivity index (χ3v) is 4.69. The summed E-state index contributed by atoms with van der Waals surface area (Å²) in [5.41, 5.74) is 3.08. The molecule has 32 heavy (non-hydrogen) atoms. The maximum Gasteiger partial charge on any atom is 0.569 e. The number of carbonyl (C=O) groups is 1. The second-order valence-electron chi connectivity index (χ2n) is 6.80. The SMILES string of the molecule is C=C(OCc1ccccc1COC(=O)c1ccc(O[B]O)cc1)c1ccc(B(O)O)cc1. The molecule has 3 aromatic rings. The molecule has 0 amide bonds. The summed E-state index contributed by atoms with van der Waals surface area (Å²) in [6.45, 7) is 4.21. The standard InChI is InChI=1S/C23H21B2O7/c1-16(17-6-10-21(11-7-17)25(28)29)30-14-19-4-2-3-5-20(19)15-31-23(26)18-8-12-22(13-9-18)32-24-27/h2-13,27-29H,1,14-15H2. The summed E-state index contributed by atoms with van der Waals surface area (Å²) in [4.78, 5) is 12.3. The molecule has 3 aromatic carbocycles. The van der Waals surface area contributed by atoms with E-state index in [2.05, 4.69) is 6.58 Å². The van der Waals surface area contributed by atoms with Gasteiger partial charge in [0.2, 0.25) is 0 Å². The highest BCUT2D eigenvalue weighted by molar-refractivity contribution is 6.58. The van der Waals surface area contributed by atoms with Crippen LogP contribution in [0.1, 0.15) is 27.0 Å². The Bertz CT molecular complexity index is 1050. The highest BCUT2D eigenvalue weighted by atomic mass is 16.5. The number of carbonyl (C=O) groups excluding carboxylic acids is 1. The van der Waals surface area contributed by atoms with Gasteiger partial charge in [-0.05, 0) is 40.9 Å². The quantitative estimate of drug-likeness (QED) is 0.256. The van der Waals surface area contributed by atoms with E-state index in [0.717, 1.165) is 11.1 Å². The monoisotopic (exact) mass is 431 g/mol. The number of esters is 1. The van der Waals surface area contributed by atoms with E-state index in [0.29, 0.717) is 35.8 Å². The zero-order valence-electron chi connectivity index (χ0n) is 17.2. The second-order valence-corrected chi connectivity index (χ2v) is 6.80. The third-order valence-electron chi connectivity index (χ3n) is 4.69. The smallest absolute Gasteiger partial charge is 0.537 e. The molecule has 3 rings (SSSR count). The number of ether oxygens (including phenoxy) is 2. The molecule has 161 valence electrons. The summed E-state index contributed by atoms with van der Waals surface area (Å²) in [5, 5.41) is 27.0. The van der Waals surface area contributed by atoms with Crippen LogP contribution in [0.3, 0.4) is 0 Å². The van der Waals surface area contributed by atoms with Crippen molar-refractivity contribution in [1.82, 2.24) is 0 Å². The van der Waals surface area contributed by atoms with E-state index in [1.165, 1.54) is 0 Å². The minimum atomic E-state index is -1.53. The van der Waals surface area contributed by atoms with Gasteiger partial charge < -0.3 is 29.2 Å². The molecular formula is C23H21B2O7. The van der Waals surface area contributed by atoms with Crippen LogP contribution in [0.25, 0.3) is 5.76 Å². The normalized spacial score (nSPS) is 10.2. The van der Waals surface area contributed by atoms with Crippen LogP contribution in [0.15, 0.2) is 79.4 Å². The van der Waals surface area contributed by atoms with Crippen molar-refractivity contribution in [2.45, 2.75) is 13.2 Å². The van der Waals surface area contributed by atoms with Gasteiger partial charge in [-0.15, -0.1) is 0 Å². The van der Waals surface area contributed by atoms with Crippen molar-refractivity contribution in [2.75, 3.05) is 0 Å². The van der Waals surface area contributed by atoms with Crippen LogP contribution in [0.5, 0.6) is 5.75 Å². The highest BCUT2D eigenvalue weighted by Crippen LogP contribution is 2.19. The molecule has 0 bridgehead atoms. The largest absolute Gasteiger partial charge is 0.569 e. The number of hydrogen-bond donors (Lipinski definition) is 3. The van der Waals surface area contributed by atoms with Gasteiger partial charge in [0.1, 0.15) is 24.7 Å². The van der Waals surface area contributed by atoms with Crippen LogP contribution in [0, 0.1) is 0 Å². The summed E-state index contributed by atoms with van der Waals surface area (Å²) in [6, 6.07) is 20.2. The zero-order chi connectivity index (χ0) is 22.9.